The number of aromatic nitrogens is 1. The molecule has 2 aromatic heterocycles. The first-order valence-corrected chi connectivity index (χ1v) is 20.3. The second-order valence-corrected chi connectivity index (χ2v) is 15.4. The van der Waals surface area contributed by atoms with Gasteiger partial charge in [0.2, 0.25) is 0 Å². The van der Waals surface area contributed by atoms with Crippen LogP contribution in [-0.2, 0) is 0 Å². The maximum atomic E-state index is 6.89. The number of benzene rings is 9. The van der Waals surface area contributed by atoms with E-state index in [4.69, 9.17) is 4.42 Å². The van der Waals surface area contributed by atoms with Crippen LogP contribution in [-0.4, -0.2) is 4.57 Å². The van der Waals surface area contributed by atoms with Gasteiger partial charge in [0.15, 0.2) is 0 Å². The second kappa shape index (κ2) is 14.1. The van der Waals surface area contributed by atoms with Gasteiger partial charge in [-0.05, 0) is 102 Å². The summed E-state index contributed by atoms with van der Waals surface area (Å²) in [5, 5.41) is 4.63. The summed E-state index contributed by atoms with van der Waals surface area (Å²) >= 11 is 0. The van der Waals surface area contributed by atoms with Crippen molar-refractivity contribution >= 4 is 60.8 Å². The number of aryl methyl sites for hydroxylation is 2. The summed E-state index contributed by atoms with van der Waals surface area (Å²) in [6.45, 7) is 4.45. The van der Waals surface area contributed by atoms with E-state index < -0.39 is 0 Å². The lowest BCUT2D eigenvalue weighted by atomic mass is 9.91. The average Bonchev–Trinajstić information content (AvgIpc) is 3.84. The van der Waals surface area contributed by atoms with E-state index in [0.717, 1.165) is 55.8 Å². The van der Waals surface area contributed by atoms with Gasteiger partial charge in [0.25, 0.3) is 0 Å². The molecule has 2 heterocycles. The maximum absolute atomic E-state index is 6.89. The summed E-state index contributed by atoms with van der Waals surface area (Å²) in [5.74, 6) is 0. The number of hydrogen-bond acceptors (Lipinski definition) is 2. The molecule has 0 N–H and O–H groups in total. The highest BCUT2D eigenvalue weighted by molar-refractivity contribution is 6.14. The second-order valence-electron chi connectivity index (χ2n) is 15.4. The molecule has 3 nitrogen and oxygen atoms in total. The van der Waals surface area contributed by atoms with E-state index >= 15 is 0 Å². The first-order valence-electron chi connectivity index (χ1n) is 20.3. The highest BCUT2D eigenvalue weighted by Gasteiger charge is 2.25. The van der Waals surface area contributed by atoms with E-state index in [-0.39, 0.29) is 0 Å². The van der Waals surface area contributed by atoms with Crippen LogP contribution in [0.4, 0.5) is 17.1 Å². The third-order valence-electron chi connectivity index (χ3n) is 11.8. The molecular formula is C56H40N2O. The standard InChI is InChI=1S/C56H40N2O/c1-37-19-9-14-28-50(37)57(54-36-47(40-22-7-4-8-23-40)46(33-38(54)2)39-20-5-3-6-21-39)41-34-48(56-49(35-41)45-27-13-18-32-55(45)59-56)44-26-12-17-31-53(44)58-51-29-15-10-24-42(51)43-25-11-16-30-52(43)58/h3-36H,1-2H3. The normalized spacial score (nSPS) is 11.6. The molecule has 11 aromatic rings. The summed E-state index contributed by atoms with van der Waals surface area (Å²) in [6, 6.07) is 74.3. The molecule has 59 heavy (non-hydrogen) atoms. The van der Waals surface area contributed by atoms with Crippen molar-refractivity contribution < 1.29 is 4.42 Å². The van der Waals surface area contributed by atoms with Crippen LogP contribution in [0.25, 0.3) is 82.8 Å². The lowest BCUT2D eigenvalue weighted by Gasteiger charge is -2.30. The lowest BCUT2D eigenvalue weighted by molar-refractivity contribution is 0.670. The fraction of sp³-hybridized carbons (Fsp3) is 0.0357. The van der Waals surface area contributed by atoms with Crippen molar-refractivity contribution in [2.45, 2.75) is 13.8 Å². The molecule has 0 aliphatic rings. The maximum Gasteiger partial charge on any atom is 0.143 e. The van der Waals surface area contributed by atoms with E-state index in [1.807, 2.05) is 0 Å². The first-order chi connectivity index (χ1) is 29.1. The van der Waals surface area contributed by atoms with Gasteiger partial charge in [-0.2, -0.15) is 0 Å². The van der Waals surface area contributed by atoms with Crippen molar-refractivity contribution in [1.82, 2.24) is 4.57 Å². The molecule has 0 unspecified atom stereocenters. The molecule has 0 fully saturated rings. The minimum absolute atomic E-state index is 0.868. The SMILES string of the molecule is Cc1ccccc1N(c1cc(-c2ccccc2-n2c3ccccc3c3ccccc32)c2oc3ccccc3c2c1)c1cc(-c2ccccc2)c(-c2ccccc2)cc1C. The molecule has 0 bridgehead atoms. The Bertz CT molecular complexity index is 3300. The molecule has 3 heteroatoms. The number of nitrogens with zero attached hydrogens (tertiary/aromatic N) is 2. The largest absolute Gasteiger partial charge is 0.455 e. The molecule has 0 spiro atoms. The van der Waals surface area contributed by atoms with Crippen molar-refractivity contribution in [3.05, 3.63) is 217 Å². The molecule has 0 radical (unpaired) electrons. The number of fused-ring (bicyclic) bond motifs is 6. The van der Waals surface area contributed by atoms with Crippen LogP contribution in [0, 0.1) is 13.8 Å². The molecule has 0 aliphatic carbocycles. The summed E-state index contributed by atoms with van der Waals surface area (Å²) in [6.07, 6.45) is 0. The van der Waals surface area contributed by atoms with E-state index in [9.17, 15) is 0 Å². The van der Waals surface area contributed by atoms with Gasteiger partial charge in [-0.25, -0.2) is 0 Å². The van der Waals surface area contributed by atoms with Crippen LogP contribution >= 0.6 is 0 Å². The van der Waals surface area contributed by atoms with Crippen LogP contribution in [0.15, 0.2) is 211 Å². The number of para-hydroxylation sites is 5. The summed E-state index contributed by atoms with van der Waals surface area (Å²) in [5.41, 5.74) is 17.7. The van der Waals surface area contributed by atoms with Gasteiger partial charge in [0.05, 0.1) is 16.7 Å². The zero-order chi connectivity index (χ0) is 39.5. The smallest absolute Gasteiger partial charge is 0.143 e. The zero-order valence-electron chi connectivity index (χ0n) is 32.9. The van der Waals surface area contributed by atoms with Gasteiger partial charge < -0.3 is 13.9 Å². The Hall–Kier alpha value is -7.62. The fourth-order valence-electron chi connectivity index (χ4n) is 9.09. The van der Waals surface area contributed by atoms with E-state index in [0.29, 0.717) is 0 Å². The van der Waals surface area contributed by atoms with Crippen LogP contribution in [0.3, 0.4) is 0 Å². The third-order valence-corrected chi connectivity index (χ3v) is 11.8. The fourth-order valence-corrected chi connectivity index (χ4v) is 9.09. The number of hydrogen-bond donors (Lipinski definition) is 0. The van der Waals surface area contributed by atoms with Gasteiger partial charge in [0, 0.05) is 49.7 Å². The summed E-state index contributed by atoms with van der Waals surface area (Å²) in [4.78, 5) is 2.46. The number of furan rings is 1. The van der Waals surface area contributed by atoms with Gasteiger partial charge in [-0.1, -0.05) is 152 Å². The van der Waals surface area contributed by atoms with Crippen molar-refractivity contribution in [2.24, 2.45) is 0 Å². The highest BCUT2D eigenvalue weighted by atomic mass is 16.3. The summed E-state index contributed by atoms with van der Waals surface area (Å²) in [7, 11) is 0. The van der Waals surface area contributed by atoms with Gasteiger partial charge in [-0.15, -0.1) is 0 Å². The topological polar surface area (TPSA) is 21.3 Å². The predicted octanol–water partition coefficient (Wildman–Crippen LogP) is 15.8. The Balaban J connectivity index is 1.23. The summed E-state index contributed by atoms with van der Waals surface area (Å²) < 4.78 is 9.31. The van der Waals surface area contributed by atoms with Crippen LogP contribution in [0.5, 0.6) is 0 Å². The Morgan fingerprint density at radius 2 is 0.949 bits per heavy atom. The Morgan fingerprint density at radius 1 is 0.390 bits per heavy atom. The minimum Gasteiger partial charge on any atom is -0.455 e. The van der Waals surface area contributed by atoms with E-state index in [1.54, 1.807) is 0 Å². The van der Waals surface area contributed by atoms with Crippen molar-refractivity contribution in [2.75, 3.05) is 4.90 Å². The monoisotopic (exact) mass is 756 g/mol. The zero-order valence-corrected chi connectivity index (χ0v) is 32.9. The van der Waals surface area contributed by atoms with Crippen LogP contribution < -0.4 is 4.90 Å². The average molecular weight is 757 g/mol. The molecule has 280 valence electrons. The van der Waals surface area contributed by atoms with E-state index in [2.05, 4.69) is 230 Å². The number of rotatable bonds is 7. The number of anilines is 3. The molecule has 0 saturated carbocycles. The highest BCUT2D eigenvalue weighted by Crippen LogP contribution is 2.48. The minimum atomic E-state index is 0.868. The molecule has 0 atom stereocenters. The van der Waals surface area contributed by atoms with Crippen molar-refractivity contribution in [3.8, 4) is 39.1 Å². The Kier molecular flexibility index (Phi) is 8.27. The molecule has 11 rings (SSSR count). The molecule has 0 amide bonds. The van der Waals surface area contributed by atoms with Gasteiger partial charge in [-0.3, -0.25) is 0 Å². The van der Waals surface area contributed by atoms with Crippen LogP contribution in [0.1, 0.15) is 11.1 Å². The lowest BCUT2D eigenvalue weighted by Crippen LogP contribution is -2.13. The van der Waals surface area contributed by atoms with Crippen molar-refractivity contribution in [3.63, 3.8) is 0 Å². The predicted molar refractivity (Wildman–Crippen MR) is 249 cm³/mol. The van der Waals surface area contributed by atoms with Crippen LogP contribution in [0.2, 0.25) is 0 Å². The molecule has 0 aliphatic heterocycles. The Labute approximate surface area is 343 Å². The molecule has 0 saturated heterocycles. The van der Waals surface area contributed by atoms with Crippen molar-refractivity contribution in [1.29, 1.82) is 0 Å². The Morgan fingerprint density at radius 3 is 1.64 bits per heavy atom. The third kappa shape index (κ3) is 5.74. The molecular weight excluding hydrogens is 717 g/mol. The quantitative estimate of drug-likeness (QED) is 0.161. The first kappa shape index (κ1) is 34.6. The van der Waals surface area contributed by atoms with E-state index in [1.165, 1.54) is 55.2 Å². The molecule has 9 aromatic carbocycles. The van der Waals surface area contributed by atoms with Gasteiger partial charge >= 0.3 is 0 Å². The van der Waals surface area contributed by atoms with Gasteiger partial charge in [0.1, 0.15) is 11.2 Å².